The van der Waals surface area contributed by atoms with Crippen molar-refractivity contribution < 1.29 is 9.90 Å². The summed E-state index contributed by atoms with van der Waals surface area (Å²) in [5, 5.41) is 16.5. The van der Waals surface area contributed by atoms with E-state index in [1.807, 2.05) is 35.2 Å². The van der Waals surface area contributed by atoms with Crippen molar-refractivity contribution in [3.63, 3.8) is 0 Å². The number of carbonyl (C=O) groups excluding carboxylic acids is 1. The summed E-state index contributed by atoms with van der Waals surface area (Å²) in [5.41, 5.74) is 5.10. The summed E-state index contributed by atoms with van der Waals surface area (Å²) in [5.74, 6) is -0.433. The van der Waals surface area contributed by atoms with Gasteiger partial charge in [-0.2, -0.15) is 5.10 Å². The van der Waals surface area contributed by atoms with Crippen molar-refractivity contribution in [1.82, 2.24) is 19.7 Å². The van der Waals surface area contributed by atoms with Crippen molar-refractivity contribution >= 4 is 11.5 Å². The fourth-order valence-corrected chi connectivity index (χ4v) is 3.49. The molecule has 4 rings (SSSR count). The molecule has 31 heavy (non-hydrogen) atoms. The number of aromatic amines is 1. The highest BCUT2D eigenvalue weighted by atomic mass is 16.3. The van der Waals surface area contributed by atoms with Gasteiger partial charge in [-0.15, -0.1) is 0 Å². The van der Waals surface area contributed by atoms with Crippen molar-refractivity contribution in [3.8, 4) is 0 Å². The van der Waals surface area contributed by atoms with E-state index in [0.717, 1.165) is 24.0 Å². The zero-order valence-electron chi connectivity index (χ0n) is 17.3. The highest BCUT2D eigenvalue weighted by Crippen LogP contribution is 2.19. The van der Waals surface area contributed by atoms with E-state index in [2.05, 4.69) is 58.5 Å². The van der Waals surface area contributed by atoms with Gasteiger partial charge in [-0.25, -0.2) is 4.98 Å². The third-order valence-corrected chi connectivity index (χ3v) is 5.15. The first-order valence-electron chi connectivity index (χ1n) is 10.2. The van der Waals surface area contributed by atoms with Crippen LogP contribution >= 0.6 is 0 Å². The molecule has 0 unspecified atom stereocenters. The summed E-state index contributed by atoms with van der Waals surface area (Å²) in [6.45, 7) is 2.73. The maximum atomic E-state index is 13.0. The Morgan fingerprint density at radius 2 is 1.81 bits per heavy atom. The molecule has 2 aromatic carbocycles. The van der Waals surface area contributed by atoms with Crippen LogP contribution in [0.5, 0.6) is 0 Å². The standard InChI is InChI=1S/C25H24N4O2/c1-18-7-9-20(10-8-18)14-29-15-21(12-11-19-5-3-2-4-6-19)22(16-29)23(30)13-24(31)25-26-17-27-28-25/h2-10,13,15-17,31H,11-12,14H2,1H3,(H,26,27,28). The van der Waals surface area contributed by atoms with E-state index in [0.29, 0.717) is 12.1 Å². The summed E-state index contributed by atoms with van der Waals surface area (Å²) in [6.07, 6.45) is 7.96. The van der Waals surface area contributed by atoms with Gasteiger partial charge in [0.15, 0.2) is 11.5 Å². The molecule has 2 heterocycles. The highest BCUT2D eigenvalue weighted by Gasteiger charge is 2.16. The number of aliphatic hydroxyl groups is 1. The second-order valence-corrected chi connectivity index (χ2v) is 7.56. The first kappa shape index (κ1) is 20.3. The zero-order chi connectivity index (χ0) is 21.6. The lowest BCUT2D eigenvalue weighted by Crippen LogP contribution is -2.01. The maximum Gasteiger partial charge on any atom is 0.215 e. The van der Waals surface area contributed by atoms with Gasteiger partial charge in [0.1, 0.15) is 6.33 Å². The second kappa shape index (κ2) is 9.26. The molecule has 0 aliphatic carbocycles. The first-order chi connectivity index (χ1) is 15.1. The summed E-state index contributed by atoms with van der Waals surface area (Å²) in [7, 11) is 0. The Bertz CT molecular complexity index is 1170. The molecule has 0 bridgehead atoms. The van der Waals surface area contributed by atoms with Crippen LogP contribution in [-0.4, -0.2) is 30.6 Å². The number of allylic oxidation sites excluding steroid dienone is 1. The van der Waals surface area contributed by atoms with Gasteiger partial charge in [0.2, 0.25) is 5.82 Å². The molecule has 4 aromatic rings. The Morgan fingerprint density at radius 3 is 2.52 bits per heavy atom. The van der Waals surface area contributed by atoms with E-state index in [9.17, 15) is 9.90 Å². The number of aliphatic hydroxyl groups excluding tert-OH is 1. The average Bonchev–Trinajstić information content (AvgIpc) is 3.45. The molecule has 2 N–H and O–H groups in total. The summed E-state index contributed by atoms with van der Waals surface area (Å²) in [4.78, 5) is 16.9. The third-order valence-electron chi connectivity index (χ3n) is 5.15. The molecular weight excluding hydrogens is 388 g/mol. The minimum Gasteiger partial charge on any atom is -0.504 e. The van der Waals surface area contributed by atoms with Gasteiger partial charge in [0, 0.05) is 30.6 Å². The quantitative estimate of drug-likeness (QED) is 0.253. The summed E-state index contributed by atoms with van der Waals surface area (Å²) >= 11 is 0. The van der Waals surface area contributed by atoms with Crippen molar-refractivity contribution in [3.05, 3.63) is 113 Å². The van der Waals surface area contributed by atoms with Crippen LogP contribution in [0.1, 0.15) is 38.4 Å². The Kier molecular flexibility index (Phi) is 6.08. The number of H-pyrrole nitrogens is 1. The van der Waals surface area contributed by atoms with Gasteiger partial charge in [0.05, 0.1) is 0 Å². The molecule has 2 aromatic heterocycles. The number of benzene rings is 2. The average molecular weight is 412 g/mol. The largest absolute Gasteiger partial charge is 0.504 e. The lowest BCUT2D eigenvalue weighted by Gasteiger charge is -2.04. The number of aryl methyl sites for hydroxylation is 3. The molecule has 6 nitrogen and oxygen atoms in total. The summed E-state index contributed by atoms with van der Waals surface area (Å²) < 4.78 is 2.02. The molecule has 0 spiro atoms. The van der Waals surface area contributed by atoms with E-state index in [4.69, 9.17) is 0 Å². The van der Waals surface area contributed by atoms with E-state index in [-0.39, 0.29) is 17.4 Å². The summed E-state index contributed by atoms with van der Waals surface area (Å²) in [6, 6.07) is 18.5. The molecule has 6 heteroatoms. The molecule has 156 valence electrons. The minimum absolute atomic E-state index is 0.0956. The van der Waals surface area contributed by atoms with Crippen molar-refractivity contribution in [2.75, 3.05) is 0 Å². The van der Waals surface area contributed by atoms with Crippen LogP contribution in [0.3, 0.4) is 0 Å². The van der Waals surface area contributed by atoms with E-state index < -0.39 is 0 Å². The topological polar surface area (TPSA) is 83.8 Å². The van der Waals surface area contributed by atoms with Crippen LogP contribution in [0, 0.1) is 6.92 Å². The van der Waals surface area contributed by atoms with Crippen molar-refractivity contribution in [2.24, 2.45) is 0 Å². The molecule has 0 saturated carbocycles. The van der Waals surface area contributed by atoms with Gasteiger partial charge in [-0.1, -0.05) is 60.2 Å². The van der Waals surface area contributed by atoms with Crippen LogP contribution < -0.4 is 0 Å². The predicted molar refractivity (Wildman–Crippen MR) is 120 cm³/mol. The lowest BCUT2D eigenvalue weighted by molar-refractivity contribution is 0.104. The van der Waals surface area contributed by atoms with Crippen LogP contribution in [0.25, 0.3) is 5.76 Å². The Balaban J connectivity index is 1.60. The number of nitrogens with zero attached hydrogens (tertiary/aromatic N) is 3. The molecule has 0 atom stereocenters. The van der Waals surface area contributed by atoms with E-state index in [1.165, 1.54) is 23.5 Å². The monoisotopic (exact) mass is 412 g/mol. The fourth-order valence-electron chi connectivity index (χ4n) is 3.49. The predicted octanol–water partition coefficient (Wildman–Crippen LogP) is 4.53. The van der Waals surface area contributed by atoms with Crippen molar-refractivity contribution in [1.29, 1.82) is 0 Å². The minimum atomic E-state index is -0.270. The van der Waals surface area contributed by atoms with E-state index in [1.54, 1.807) is 0 Å². The highest BCUT2D eigenvalue weighted by molar-refractivity contribution is 6.08. The third kappa shape index (κ3) is 5.17. The second-order valence-electron chi connectivity index (χ2n) is 7.56. The van der Waals surface area contributed by atoms with Gasteiger partial charge in [-0.3, -0.25) is 9.89 Å². The van der Waals surface area contributed by atoms with Crippen LogP contribution in [0.2, 0.25) is 0 Å². The van der Waals surface area contributed by atoms with Crippen LogP contribution in [0.15, 0.2) is 79.4 Å². The number of ketones is 1. The number of aromatic nitrogens is 4. The molecule has 0 fully saturated rings. The molecular formula is C25H24N4O2. The molecule has 0 saturated heterocycles. The number of nitrogens with one attached hydrogen (secondary N) is 1. The number of carbonyl (C=O) groups is 1. The smallest absolute Gasteiger partial charge is 0.215 e. The SMILES string of the molecule is Cc1ccc(Cn2cc(CCc3ccccc3)c(C(=O)C=C(O)c3nc[nH]n3)c2)cc1. The maximum absolute atomic E-state index is 13.0. The number of hydrogen-bond acceptors (Lipinski definition) is 4. The normalized spacial score (nSPS) is 11.6. The number of hydrogen-bond donors (Lipinski definition) is 2. The van der Waals surface area contributed by atoms with Gasteiger partial charge < -0.3 is 9.67 Å². The fraction of sp³-hybridized carbons (Fsp3) is 0.160. The number of rotatable bonds is 8. The first-order valence-corrected chi connectivity index (χ1v) is 10.2. The Morgan fingerprint density at radius 1 is 1.03 bits per heavy atom. The Hall–Kier alpha value is -3.93. The Labute approximate surface area is 180 Å². The molecule has 0 aliphatic heterocycles. The van der Waals surface area contributed by atoms with Gasteiger partial charge >= 0.3 is 0 Å². The van der Waals surface area contributed by atoms with Gasteiger partial charge in [0.25, 0.3) is 0 Å². The van der Waals surface area contributed by atoms with E-state index >= 15 is 0 Å². The molecule has 0 amide bonds. The van der Waals surface area contributed by atoms with Crippen LogP contribution in [0.4, 0.5) is 0 Å². The van der Waals surface area contributed by atoms with Crippen molar-refractivity contribution in [2.45, 2.75) is 26.3 Å². The lowest BCUT2D eigenvalue weighted by atomic mass is 10.0. The zero-order valence-corrected chi connectivity index (χ0v) is 17.3. The molecule has 0 aliphatic rings. The molecule has 0 radical (unpaired) electrons. The van der Waals surface area contributed by atoms with Gasteiger partial charge in [-0.05, 0) is 36.5 Å². The van der Waals surface area contributed by atoms with Crippen LogP contribution in [-0.2, 0) is 19.4 Å².